The number of nitrogens with zero attached hydrogens (tertiary/aromatic N) is 2. The number of nitrogens with one attached hydrogen (secondary N) is 2. The maximum Gasteiger partial charge on any atom is 0.251 e. The van der Waals surface area contributed by atoms with Crippen LogP contribution in [0.1, 0.15) is 89.9 Å². The Balaban J connectivity index is 1.54. The Labute approximate surface area is 264 Å². The second-order valence-electron chi connectivity index (χ2n) is 12.1. The number of halogens is 1. The summed E-state index contributed by atoms with van der Waals surface area (Å²) in [5.41, 5.74) is 1.64. The monoisotopic (exact) mass is 622 g/mol. The molecule has 2 aromatic carbocycles. The fraction of sp³-hybridized carbons (Fsp3) is 0.500. The highest BCUT2D eigenvalue weighted by Gasteiger charge is 2.47. The van der Waals surface area contributed by atoms with Gasteiger partial charge in [0, 0.05) is 30.6 Å². The molecule has 1 saturated heterocycles. The summed E-state index contributed by atoms with van der Waals surface area (Å²) in [6.45, 7) is 7.03. The molecule has 0 spiro atoms. The summed E-state index contributed by atoms with van der Waals surface area (Å²) >= 11 is 6.14. The number of hydrogen-bond acceptors (Lipinski definition) is 5. The van der Waals surface area contributed by atoms with Gasteiger partial charge in [0.25, 0.3) is 5.91 Å². The number of ketones is 1. The van der Waals surface area contributed by atoms with Gasteiger partial charge in [-0.25, -0.2) is 0 Å². The lowest BCUT2D eigenvalue weighted by Gasteiger charge is -2.31. The molecule has 236 valence electrons. The van der Waals surface area contributed by atoms with Gasteiger partial charge in [-0.2, -0.15) is 0 Å². The van der Waals surface area contributed by atoms with Gasteiger partial charge in [0.2, 0.25) is 17.7 Å². The Kier molecular flexibility index (Phi) is 10.8. The molecule has 2 aromatic rings. The van der Waals surface area contributed by atoms with Crippen molar-refractivity contribution in [1.82, 2.24) is 15.5 Å². The number of amides is 4. The van der Waals surface area contributed by atoms with Crippen LogP contribution in [-0.2, 0) is 30.4 Å². The van der Waals surface area contributed by atoms with Crippen LogP contribution in [0.2, 0.25) is 5.02 Å². The zero-order chi connectivity index (χ0) is 32.0. The minimum Gasteiger partial charge on any atom is -0.356 e. The van der Waals surface area contributed by atoms with Crippen molar-refractivity contribution in [1.29, 1.82) is 0 Å². The summed E-state index contributed by atoms with van der Waals surface area (Å²) in [4.78, 5) is 67.7. The largest absolute Gasteiger partial charge is 0.356 e. The van der Waals surface area contributed by atoms with Crippen LogP contribution >= 0.6 is 11.6 Å². The molecule has 3 atom stereocenters. The molecule has 4 amide bonds. The van der Waals surface area contributed by atoms with Crippen LogP contribution in [0.5, 0.6) is 0 Å². The maximum absolute atomic E-state index is 13.6. The van der Waals surface area contributed by atoms with E-state index in [2.05, 4.69) is 10.6 Å². The van der Waals surface area contributed by atoms with Crippen LogP contribution in [0.4, 0.5) is 5.69 Å². The molecular weight excluding hydrogens is 580 g/mol. The van der Waals surface area contributed by atoms with Crippen LogP contribution in [-0.4, -0.2) is 52.9 Å². The number of anilines is 1. The quantitative estimate of drug-likeness (QED) is 0.341. The van der Waals surface area contributed by atoms with Crippen molar-refractivity contribution in [3.63, 3.8) is 0 Å². The molecule has 1 aliphatic heterocycles. The van der Waals surface area contributed by atoms with Gasteiger partial charge >= 0.3 is 0 Å². The molecule has 44 heavy (non-hydrogen) atoms. The van der Waals surface area contributed by atoms with Crippen molar-refractivity contribution in [3.05, 3.63) is 64.7 Å². The summed E-state index contributed by atoms with van der Waals surface area (Å²) in [6.07, 6.45) is 4.55. The number of Topliss-reactive ketones (excluding diaryl/α,β-unsaturated/α-hetero) is 1. The summed E-state index contributed by atoms with van der Waals surface area (Å²) in [6, 6.07) is 13.2. The van der Waals surface area contributed by atoms with Crippen LogP contribution in [0.3, 0.4) is 0 Å². The molecular formula is C34H43ClN4O5. The van der Waals surface area contributed by atoms with E-state index in [4.69, 9.17) is 11.6 Å². The van der Waals surface area contributed by atoms with Gasteiger partial charge in [-0.3, -0.25) is 28.9 Å². The number of hydrogen-bond donors (Lipinski definition) is 2. The van der Waals surface area contributed by atoms with Crippen molar-refractivity contribution < 1.29 is 24.0 Å². The molecule has 4 rings (SSSR count). The van der Waals surface area contributed by atoms with Gasteiger partial charge in [0.1, 0.15) is 12.2 Å². The molecule has 0 aromatic heterocycles. The third-order valence-corrected chi connectivity index (χ3v) is 9.16. The molecule has 0 bridgehead atoms. The second-order valence-corrected chi connectivity index (χ2v) is 12.5. The van der Waals surface area contributed by atoms with Gasteiger partial charge in [0.05, 0.1) is 11.5 Å². The maximum atomic E-state index is 13.6. The van der Waals surface area contributed by atoms with Crippen LogP contribution < -0.4 is 15.5 Å². The average molecular weight is 623 g/mol. The molecule has 2 N–H and O–H groups in total. The van der Waals surface area contributed by atoms with E-state index in [1.165, 1.54) is 13.8 Å². The van der Waals surface area contributed by atoms with E-state index in [0.717, 1.165) is 36.8 Å². The number of carbonyl (C=O) groups is 5. The average Bonchev–Trinajstić information content (AvgIpc) is 3.57. The third-order valence-electron chi connectivity index (χ3n) is 8.91. The molecule has 3 unspecified atom stereocenters. The summed E-state index contributed by atoms with van der Waals surface area (Å²) in [7, 11) is 0. The summed E-state index contributed by atoms with van der Waals surface area (Å²) in [5.74, 6) is -0.694. The molecule has 2 fully saturated rings. The van der Waals surface area contributed by atoms with Crippen molar-refractivity contribution in [2.24, 2.45) is 5.41 Å². The van der Waals surface area contributed by atoms with Crippen LogP contribution in [0, 0.1) is 5.41 Å². The third kappa shape index (κ3) is 7.32. The highest BCUT2D eigenvalue weighted by atomic mass is 35.5. The predicted molar refractivity (Wildman–Crippen MR) is 170 cm³/mol. The van der Waals surface area contributed by atoms with E-state index in [1.54, 1.807) is 28.9 Å². The second kappa shape index (κ2) is 14.4. The summed E-state index contributed by atoms with van der Waals surface area (Å²) < 4.78 is 0. The zero-order valence-corrected chi connectivity index (χ0v) is 26.8. The highest BCUT2D eigenvalue weighted by molar-refractivity contribution is 6.30. The zero-order valence-electron chi connectivity index (χ0n) is 26.0. The Bertz CT molecular complexity index is 1370. The first-order valence-electron chi connectivity index (χ1n) is 15.5. The first-order chi connectivity index (χ1) is 21.0. The van der Waals surface area contributed by atoms with E-state index >= 15 is 0 Å². The Morgan fingerprint density at radius 2 is 1.64 bits per heavy atom. The molecule has 2 aliphatic rings. The lowest BCUT2D eigenvalue weighted by molar-refractivity contribution is -0.136. The van der Waals surface area contributed by atoms with E-state index in [9.17, 15) is 24.0 Å². The number of benzene rings is 2. The lowest BCUT2D eigenvalue weighted by Crippen LogP contribution is -2.49. The normalized spacial score (nSPS) is 20.0. The van der Waals surface area contributed by atoms with Gasteiger partial charge in [-0.05, 0) is 81.3 Å². The van der Waals surface area contributed by atoms with Crippen molar-refractivity contribution in [2.75, 3.05) is 11.4 Å². The molecule has 9 nitrogen and oxygen atoms in total. The van der Waals surface area contributed by atoms with Gasteiger partial charge < -0.3 is 15.5 Å². The fourth-order valence-corrected chi connectivity index (χ4v) is 6.57. The van der Waals surface area contributed by atoms with Gasteiger partial charge in [0.15, 0.2) is 5.78 Å². The van der Waals surface area contributed by atoms with Crippen LogP contribution in [0.15, 0.2) is 48.5 Å². The molecule has 1 saturated carbocycles. The minimum atomic E-state index is -0.705. The topological polar surface area (TPSA) is 116 Å². The Morgan fingerprint density at radius 3 is 2.20 bits per heavy atom. The Morgan fingerprint density at radius 1 is 1.00 bits per heavy atom. The smallest absolute Gasteiger partial charge is 0.251 e. The first-order valence-corrected chi connectivity index (χ1v) is 15.9. The first kappa shape index (κ1) is 33.2. The van der Waals surface area contributed by atoms with Crippen LogP contribution in [0.25, 0.3) is 0 Å². The van der Waals surface area contributed by atoms with E-state index < -0.39 is 23.7 Å². The standard InChI is InChI=1S/C34H43ClN4O5/c1-5-8-30(42)38-22(2)32(43)39(31(38)26-11-13-27(35)14-12-26)28-15-9-25(10-16-28)21-29(23(3)40)37-33(44)34(17-6-7-18-34)19-20-36-24(4)41/h9-16,22,29,31H,5-8,17-21H2,1-4H3,(H,36,41)(H,37,44). The van der Waals surface area contributed by atoms with Crippen molar-refractivity contribution >= 4 is 46.7 Å². The minimum absolute atomic E-state index is 0.0930. The fourth-order valence-electron chi connectivity index (χ4n) is 6.44. The molecule has 0 radical (unpaired) electrons. The van der Waals surface area contributed by atoms with Crippen molar-refractivity contribution in [3.8, 4) is 0 Å². The highest BCUT2D eigenvalue weighted by Crippen LogP contribution is 2.42. The number of rotatable bonds is 12. The molecule has 1 aliphatic carbocycles. The lowest BCUT2D eigenvalue weighted by atomic mass is 9.81. The summed E-state index contributed by atoms with van der Waals surface area (Å²) in [5, 5.41) is 6.36. The van der Waals surface area contributed by atoms with Gasteiger partial charge in [-0.15, -0.1) is 0 Å². The SMILES string of the molecule is CCCC(=O)N1C(C)C(=O)N(c2ccc(CC(NC(=O)C3(CCNC(C)=O)CCCC3)C(C)=O)cc2)C1c1ccc(Cl)cc1. The molecule has 1 heterocycles. The van der Waals surface area contributed by atoms with E-state index in [0.29, 0.717) is 42.9 Å². The van der Waals surface area contributed by atoms with E-state index in [-0.39, 0.29) is 29.4 Å². The molecule has 10 heteroatoms. The van der Waals surface area contributed by atoms with Gasteiger partial charge in [-0.1, -0.05) is 55.6 Å². The Hall–Kier alpha value is -3.72. The van der Waals surface area contributed by atoms with Crippen molar-refractivity contribution in [2.45, 2.75) is 97.3 Å². The number of carbonyl (C=O) groups excluding carboxylic acids is 5. The predicted octanol–water partition coefficient (Wildman–Crippen LogP) is 5.11. The van der Waals surface area contributed by atoms with E-state index in [1.807, 2.05) is 43.3 Å².